The molecule has 3 nitrogen and oxygen atoms in total. The van der Waals surface area contributed by atoms with Gasteiger partial charge in [0.05, 0.1) is 7.11 Å². The van der Waals surface area contributed by atoms with Gasteiger partial charge in [0.1, 0.15) is 5.75 Å². The zero-order chi connectivity index (χ0) is 16.1. The summed E-state index contributed by atoms with van der Waals surface area (Å²) in [6, 6.07) is 18.1. The van der Waals surface area contributed by atoms with Crippen molar-refractivity contribution in [3.63, 3.8) is 0 Å². The van der Waals surface area contributed by atoms with Gasteiger partial charge in [-0.05, 0) is 36.6 Å². The molecule has 0 bridgehead atoms. The predicted molar refractivity (Wildman–Crippen MR) is 92.2 cm³/mol. The first kappa shape index (κ1) is 15.8. The quantitative estimate of drug-likeness (QED) is 0.761. The van der Waals surface area contributed by atoms with Crippen LogP contribution in [0.15, 0.2) is 54.6 Å². The second-order valence-electron chi connectivity index (χ2n) is 6.10. The van der Waals surface area contributed by atoms with Crippen LogP contribution >= 0.6 is 0 Å². The van der Waals surface area contributed by atoms with E-state index in [0.29, 0.717) is 12.3 Å². The highest BCUT2D eigenvalue weighted by Crippen LogP contribution is 2.27. The van der Waals surface area contributed by atoms with Crippen LogP contribution in [0.25, 0.3) is 0 Å². The summed E-state index contributed by atoms with van der Waals surface area (Å²) in [4.78, 5) is 14.7. The molecule has 0 saturated carbocycles. The molecule has 1 aliphatic rings. The minimum atomic E-state index is 0.187. The third-order valence-corrected chi connectivity index (χ3v) is 4.59. The molecule has 3 rings (SSSR count). The topological polar surface area (TPSA) is 29.5 Å². The third kappa shape index (κ3) is 3.99. The molecule has 23 heavy (non-hydrogen) atoms. The van der Waals surface area contributed by atoms with Crippen molar-refractivity contribution >= 4 is 5.78 Å². The van der Waals surface area contributed by atoms with Crippen molar-refractivity contribution in [1.82, 2.24) is 4.90 Å². The van der Waals surface area contributed by atoms with Crippen LogP contribution in [0.3, 0.4) is 0 Å². The summed E-state index contributed by atoms with van der Waals surface area (Å²) >= 11 is 0. The minimum absolute atomic E-state index is 0.187. The molecule has 0 aliphatic carbocycles. The fourth-order valence-corrected chi connectivity index (χ4v) is 3.23. The molecule has 2 aromatic carbocycles. The molecule has 120 valence electrons. The van der Waals surface area contributed by atoms with Crippen LogP contribution in [0.1, 0.15) is 34.7 Å². The molecule has 1 atom stereocenters. The van der Waals surface area contributed by atoms with Crippen molar-refractivity contribution in [1.29, 1.82) is 0 Å². The van der Waals surface area contributed by atoms with Gasteiger partial charge in [0, 0.05) is 25.1 Å². The van der Waals surface area contributed by atoms with E-state index in [1.807, 2.05) is 24.3 Å². The zero-order valence-corrected chi connectivity index (χ0v) is 13.6. The number of rotatable bonds is 6. The molecule has 0 N–H and O–H groups in total. The fraction of sp³-hybridized carbons (Fsp3) is 0.350. The first-order valence-electron chi connectivity index (χ1n) is 8.21. The van der Waals surface area contributed by atoms with E-state index in [0.717, 1.165) is 30.9 Å². The number of hydrogen-bond acceptors (Lipinski definition) is 3. The summed E-state index contributed by atoms with van der Waals surface area (Å²) in [6.45, 7) is 2.96. The molecule has 3 heteroatoms. The van der Waals surface area contributed by atoms with Gasteiger partial charge < -0.3 is 9.64 Å². The molecule has 1 fully saturated rings. The van der Waals surface area contributed by atoms with Crippen molar-refractivity contribution in [3.8, 4) is 5.75 Å². The van der Waals surface area contributed by atoms with Crippen LogP contribution in [-0.2, 0) is 0 Å². The number of ketones is 1. The molecule has 1 aliphatic heterocycles. The fourth-order valence-electron chi connectivity index (χ4n) is 3.23. The first-order chi connectivity index (χ1) is 11.3. The summed E-state index contributed by atoms with van der Waals surface area (Å²) in [5.41, 5.74) is 2.15. The number of ether oxygens (including phenoxy) is 1. The molecule has 0 unspecified atom stereocenters. The van der Waals surface area contributed by atoms with Gasteiger partial charge in [0.15, 0.2) is 5.78 Å². The van der Waals surface area contributed by atoms with Crippen LogP contribution in [0.4, 0.5) is 0 Å². The van der Waals surface area contributed by atoms with E-state index in [4.69, 9.17) is 4.74 Å². The number of likely N-dealkylation sites (tertiary alicyclic amines) is 1. The van der Waals surface area contributed by atoms with E-state index >= 15 is 0 Å². The lowest BCUT2D eigenvalue weighted by Crippen LogP contribution is -2.23. The Morgan fingerprint density at radius 1 is 1.17 bits per heavy atom. The Bertz CT molecular complexity index is 654. The maximum absolute atomic E-state index is 12.3. The molecule has 0 amide bonds. The number of methoxy groups -OCH3 is 1. The van der Waals surface area contributed by atoms with Gasteiger partial charge in [-0.15, -0.1) is 0 Å². The van der Waals surface area contributed by atoms with Crippen LogP contribution in [-0.4, -0.2) is 37.4 Å². The molecule has 0 radical (unpaired) electrons. The molecule has 2 aromatic rings. The van der Waals surface area contributed by atoms with Crippen LogP contribution < -0.4 is 4.74 Å². The first-order valence-corrected chi connectivity index (χ1v) is 8.21. The molecular formula is C20H23NO2. The smallest absolute Gasteiger partial charge is 0.164 e. The molecular weight excluding hydrogens is 286 g/mol. The van der Waals surface area contributed by atoms with Crippen molar-refractivity contribution < 1.29 is 9.53 Å². The van der Waals surface area contributed by atoms with Crippen LogP contribution in [0.2, 0.25) is 0 Å². The molecule has 0 aromatic heterocycles. The highest BCUT2D eigenvalue weighted by Gasteiger charge is 2.23. The summed E-state index contributed by atoms with van der Waals surface area (Å²) in [5.74, 6) is 1.52. The number of Topliss-reactive ketones (excluding diaryl/α,β-unsaturated/α-hetero) is 1. The highest BCUT2D eigenvalue weighted by atomic mass is 16.5. The lowest BCUT2D eigenvalue weighted by molar-refractivity contribution is 0.0968. The van der Waals surface area contributed by atoms with Crippen LogP contribution in [0, 0.1) is 0 Å². The van der Waals surface area contributed by atoms with Gasteiger partial charge in [-0.1, -0.05) is 42.5 Å². The van der Waals surface area contributed by atoms with E-state index in [9.17, 15) is 4.79 Å². The highest BCUT2D eigenvalue weighted by molar-refractivity contribution is 5.96. The SMILES string of the molecule is COc1cccc(C(=O)CCN2CC[C@H](c3ccccc3)C2)c1. The average molecular weight is 309 g/mol. The molecule has 1 heterocycles. The number of benzene rings is 2. The van der Waals surface area contributed by atoms with E-state index in [2.05, 4.69) is 35.2 Å². The monoisotopic (exact) mass is 309 g/mol. The predicted octanol–water partition coefficient (Wildman–Crippen LogP) is 3.76. The van der Waals surface area contributed by atoms with E-state index in [-0.39, 0.29) is 5.78 Å². The van der Waals surface area contributed by atoms with Crippen molar-refractivity contribution in [3.05, 3.63) is 65.7 Å². The normalized spacial score (nSPS) is 18.0. The van der Waals surface area contributed by atoms with E-state index in [1.165, 1.54) is 12.0 Å². The Morgan fingerprint density at radius 2 is 2.00 bits per heavy atom. The maximum atomic E-state index is 12.3. The summed E-state index contributed by atoms with van der Waals surface area (Å²) < 4.78 is 5.18. The van der Waals surface area contributed by atoms with E-state index in [1.54, 1.807) is 7.11 Å². The largest absolute Gasteiger partial charge is 0.497 e. The zero-order valence-electron chi connectivity index (χ0n) is 13.6. The Balaban J connectivity index is 1.52. The standard InChI is InChI=1S/C20H23NO2/c1-23-19-9-5-8-17(14-19)20(22)11-13-21-12-10-18(15-21)16-6-3-2-4-7-16/h2-9,14,18H,10-13,15H2,1H3/t18-/m0/s1. The Labute approximate surface area is 137 Å². The summed E-state index contributed by atoms with van der Waals surface area (Å²) in [7, 11) is 1.62. The van der Waals surface area contributed by atoms with Gasteiger partial charge >= 0.3 is 0 Å². The van der Waals surface area contributed by atoms with E-state index < -0.39 is 0 Å². The number of nitrogens with zero attached hydrogens (tertiary/aromatic N) is 1. The van der Waals surface area contributed by atoms with Gasteiger partial charge in [-0.3, -0.25) is 4.79 Å². The molecule has 0 spiro atoms. The Kier molecular flexibility index (Phi) is 5.09. The van der Waals surface area contributed by atoms with Gasteiger partial charge in [-0.25, -0.2) is 0 Å². The Morgan fingerprint density at radius 3 is 2.78 bits per heavy atom. The van der Waals surface area contributed by atoms with Crippen molar-refractivity contribution in [2.45, 2.75) is 18.8 Å². The summed E-state index contributed by atoms with van der Waals surface area (Å²) in [5, 5.41) is 0. The summed E-state index contributed by atoms with van der Waals surface area (Å²) in [6.07, 6.45) is 1.74. The number of hydrogen-bond donors (Lipinski definition) is 0. The number of carbonyl (C=O) groups excluding carboxylic acids is 1. The van der Waals surface area contributed by atoms with Gasteiger partial charge in [-0.2, -0.15) is 0 Å². The van der Waals surface area contributed by atoms with Crippen molar-refractivity contribution in [2.24, 2.45) is 0 Å². The van der Waals surface area contributed by atoms with Crippen molar-refractivity contribution in [2.75, 3.05) is 26.7 Å². The molecule has 1 saturated heterocycles. The van der Waals surface area contributed by atoms with Gasteiger partial charge in [0.2, 0.25) is 0 Å². The second kappa shape index (κ2) is 7.42. The Hall–Kier alpha value is -2.13. The second-order valence-corrected chi connectivity index (χ2v) is 6.10. The number of carbonyl (C=O) groups is 1. The maximum Gasteiger partial charge on any atom is 0.164 e. The van der Waals surface area contributed by atoms with Crippen LogP contribution in [0.5, 0.6) is 5.75 Å². The average Bonchev–Trinajstić information content (AvgIpc) is 3.09. The lowest BCUT2D eigenvalue weighted by Gasteiger charge is -2.15. The minimum Gasteiger partial charge on any atom is -0.497 e. The lowest BCUT2D eigenvalue weighted by atomic mass is 9.99. The van der Waals surface area contributed by atoms with Gasteiger partial charge in [0.25, 0.3) is 0 Å². The third-order valence-electron chi connectivity index (χ3n) is 4.59.